The van der Waals surface area contributed by atoms with Gasteiger partial charge in [-0.2, -0.15) is 0 Å². The van der Waals surface area contributed by atoms with Crippen LogP contribution < -0.4 is 0 Å². The molecule has 4 rings (SSSR count). The summed E-state index contributed by atoms with van der Waals surface area (Å²) in [4.78, 5) is 22.6. The molecule has 0 unspecified atom stereocenters. The third kappa shape index (κ3) is 3.62. The van der Waals surface area contributed by atoms with Crippen LogP contribution in [0.15, 0.2) is 29.8 Å². The maximum absolute atomic E-state index is 12.5. The molecule has 1 saturated heterocycles. The summed E-state index contributed by atoms with van der Waals surface area (Å²) < 4.78 is 0. The van der Waals surface area contributed by atoms with Gasteiger partial charge in [0.2, 0.25) is 5.91 Å². The molecule has 2 aromatic rings. The van der Waals surface area contributed by atoms with Crippen LogP contribution in [0.1, 0.15) is 28.1 Å². The van der Waals surface area contributed by atoms with Gasteiger partial charge in [-0.25, -0.2) is 4.98 Å². The molecule has 0 bridgehead atoms. The average Bonchev–Trinajstić information content (AvgIpc) is 3.25. The molecule has 1 amide bonds. The summed E-state index contributed by atoms with van der Waals surface area (Å²) in [5.74, 6) is 0.294. The lowest BCUT2D eigenvalue weighted by molar-refractivity contribution is -0.133. The molecule has 1 fully saturated rings. The predicted octanol–water partition coefficient (Wildman–Crippen LogP) is 2.70. The first-order chi connectivity index (χ1) is 12.2. The fraction of sp³-hybridized carbons (Fsp3) is 0.500. The van der Waals surface area contributed by atoms with E-state index in [1.807, 2.05) is 12.4 Å². The highest BCUT2D eigenvalue weighted by molar-refractivity contribution is 7.09. The van der Waals surface area contributed by atoms with E-state index in [1.165, 1.54) is 16.0 Å². The number of carbonyl (C=O) groups excluding carboxylic acids is 1. The molecule has 132 valence electrons. The molecule has 4 nitrogen and oxygen atoms in total. The fourth-order valence-corrected chi connectivity index (χ4v) is 4.86. The fourth-order valence-electron chi connectivity index (χ4n) is 4.08. The Bertz CT molecular complexity index is 724. The first-order valence-electron chi connectivity index (χ1n) is 9.18. The van der Waals surface area contributed by atoms with Crippen LogP contribution in [0.4, 0.5) is 0 Å². The molecule has 0 radical (unpaired) electrons. The van der Waals surface area contributed by atoms with E-state index >= 15 is 0 Å². The zero-order valence-corrected chi connectivity index (χ0v) is 15.6. The largest absolute Gasteiger partial charge is 0.340 e. The summed E-state index contributed by atoms with van der Waals surface area (Å²) >= 11 is 1.66. The molecule has 0 atom stereocenters. The number of rotatable bonds is 4. The minimum absolute atomic E-state index is 0.294. The number of nitrogens with zero attached hydrogens (tertiary/aromatic N) is 3. The Morgan fingerprint density at radius 1 is 1.16 bits per heavy atom. The lowest BCUT2D eigenvalue weighted by Crippen LogP contribution is -2.52. The summed E-state index contributed by atoms with van der Waals surface area (Å²) in [5.41, 5.74) is 5.95. The lowest BCUT2D eigenvalue weighted by Gasteiger charge is -2.38. The Balaban J connectivity index is 1.26. The average molecular weight is 356 g/mol. The van der Waals surface area contributed by atoms with Gasteiger partial charge in [-0.05, 0) is 37.3 Å². The Hall–Kier alpha value is -1.72. The van der Waals surface area contributed by atoms with E-state index < -0.39 is 0 Å². The van der Waals surface area contributed by atoms with E-state index in [0.29, 0.717) is 18.4 Å². The van der Waals surface area contributed by atoms with Gasteiger partial charge in [-0.3, -0.25) is 9.69 Å². The standard InChI is InChI=1S/C20H25N3OS/c1-15-19(25-14-21-15)6-7-20(24)23-10-8-22(9-11-23)18-12-16-4-2-3-5-17(16)13-18/h2-5,14,18H,6-13H2,1H3. The number of carbonyl (C=O) groups is 1. The second-order valence-electron chi connectivity index (χ2n) is 7.11. The first kappa shape index (κ1) is 16.7. The number of piperazine rings is 1. The van der Waals surface area contributed by atoms with Crippen molar-refractivity contribution < 1.29 is 4.79 Å². The minimum atomic E-state index is 0.294. The summed E-state index contributed by atoms with van der Waals surface area (Å²) in [6.07, 6.45) is 3.76. The number of amides is 1. The van der Waals surface area contributed by atoms with Gasteiger partial charge in [-0.1, -0.05) is 24.3 Å². The third-order valence-electron chi connectivity index (χ3n) is 5.62. The number of benzene rings is 1. The van der Waals surface area contributed by atoms with E-state index in [0.717, 1.165) is 51.1 Å². The van der Waals surface area contributed by atoms with E-state index in [4.69, 9.17) is 0 Å². The minimum Gasteiger partial charge on any atom is -0.340 e. The van der Waals surface area contributed by atoms with Gasteiger partial charge in [0, 0.05) is 43.5 Å². The Kier molecular flexibility index (Phi) is 4.86. The number of aryl methyl sites for hydroxylation is 2. The molecule has 0 spiro atoms. The monoisotopic (exact) mass is 355 g/mol. The third-order valence-corrected chi connectivity index (χ3v) is 6.62. The zero-order valence-electron chi connectivity index (χ0n) is 14.8. The van der Waals surface area contributed by atoms with Gasteiger partial charge in [0.05, 0.1) is 11.2 Å². The van der Waals surface area contributed by atoms with Gasteiger partial charge in [0.25, 0.3) is 0 Å². The van der Waals surface area contributed by atoms with E-state index in [9.17, 15) is 4.79 Å². The van der Waals surface area contributed by atoms with Gasteiger partial charge in [0.1, 0.15) is 0 Å². The van der Waals surface area contributed by atoms with E-state index in [-0.39, 0.29) is 0 Å². The van der Waals surface area contributed by atoms with Crippen molar-refractivity contribution in [2.75, 3.05) is 26.2 Å². The lowest BCUT2D eigenvalue weighted by atomic mass is 10.1. The number of thiazole rings is 1. The number of hydrogen-bond donors (Lipinski definition) is 0. The Morgan fingerprint density at radius 3 is 2.44 bits per heavy atom. The van der Waals surface area contributed by atoms with Crippen molar-refractivity contribution in [1.82, 2.24) is 14.8 Å². The van der Waals surface area contributed by atoms with Gasteiger partial charge in [0.15, 0.2) is 0 Å². The first-order valence-corrected chi connectivity index (χ1v) is 10.1. The van der Waals surface area contributed by atoms with Crippen LogP contribution in [0.5, 0.6) is 0 Å². The SMILES string of the molecule is Cc1ncsc1CCC(=O)N1CCN(C2Cc3ccccc3C2)CC1. The van der Waals surface area contributed by atoms with Crippen LogP contribution in [0.25, 0.3) is 0 Å². The smallest absolute Gasteiger partial charge is 0.223 e. The van der Waals surface area contributed by atoms with Crippen molar-refractivity contribution in [2.45, 2.75) is 38.6 Å². The molecular weight excluding hydrogens is 330 g/mol. The van der Waals surface area contributed by atoms with Crippen LogP contribution in [0.2, 0.25) is 0 Å². The Labute approximate surface area is 153 Å². The molecule has 1 aliphatic heterocycles. The Morgan fingerprint density at radius 2 is 1.84 bits per heavy atom. The second-order valence-corrected chi connectivity index (χ2v) is 8.05. The quantitative estimate of drug-likeness (QED) is 0.846. The van der Waals surface area contributed by atoms with Crippen molar-refractivity contribution in [3.05, 3.63) is 51.5 Å². The summed E-state index contributed by atoms with van der Waals surface area (Å²) in [6.45, 7) is 5.77. The molecule has 0 N–H and O–H groups in total. The summed E-state index contributed by atoms with van der Waals surface area (Å²) in [6, 6.07) is 9.42. The molecule has 2 aliphatic rings. The van der Waals surface area contributed by atoms with Crippen LogP contribution >= 0.6 is 11.3 Å². The molecule has 1 aliphatic carbocycles. The maximum Gasteiger partial charge on any atom is 0.223 e. The molecule has 1 aromatic carbocycles. The van der Waals surface area contributed by atoms with Gasteiger partial charge in [-0.15, -0.1) is 11.3 Å². The number of aromatic nitrogens is 1. The number of hydrogen-bond acceptors (Lipinski definition) is 4. The van der Waals surface area contributed by atoms with E-state index in [1.54, 1.807) is 11.3 Å². The molecule has 2 heterocycles. The van der Waals surface area contributed by atoms with Crippen LogP contribution in [0, 0.1) is 6.92 Å². The van der Waals surface area contributed by atoms with Crippen LogP contribution in [-0.4, -0.2) is 52.9 Å². The highest BCUT2D eigenvalue weighted by Gasteiger charge is 2.30. The van der Waals surface area contributed by atoms with Crippen molar-refractivity contribution in [3.63, 3.8) is 0 Å². The molecule has 1 aromatic heterocycles. The van der Waals surface area contributed by atoms with Crippen molar-refractivity contribution in [1.29, 1.82) is 0 Å². The number of fused-ring (bicyclic) bond motifs is 1. The molecule has 5 heteroatoms. The summed E-state index contributed by atoms with van der Waals surface area (Å²) in [7, 11) is 0. The molecule has 25 heavy (non-hydrogen) atoms. The summed E-state index contributed by atoms with van der Waals surface area (Å²) in [5, 5.41) is 0. The normalized spacial score (nSPS) is 18.5. The van der Waals surface area contributed by atoms with Crippen molar-refractivity contribution >= 4 is 17.2 Å². The predicted molar refractivity (Wildman–Crippen MR) is 101 cm³/mol. The van der Waals surface area contributed by atoms with Gasteiger partial charge < -0.3 is 4.90 Å². The molecular formula is C20H25N3OS. The van der Waals surface area contributed by atoms with Crippen LogP contribution in [0.3, 0.4) is 0 Å². The van der Waals surface area contributed by atoms with Crippen molar-refractivity contribution in [3.8, 4) is 0 Å². The van der Waals surface area contributed by atoms with Crippen LogP contribution in [-0.2, 0) is 24.1 Å². The van der Waals surface area contributed by atoms with Gasteiger partial charge >= 0.3 is 0 Å². The topological polar surface area (TPSA) is 36.4 Å². The van der Waals surface area contributed by atoms with Crippen molar-refractivity contribution in [2.24, 2.45) is 0 Å². The highest BCUT2D eigenvalue weighted by Crippen LogP contribution is 2.26. The second kappa shape index (κ2) is 7.26. The highest BCUT2D eigenvalue weighted by atomic mass is 32.1. The molecule has 0 saturated carbocycles. The maximum atomic E-state index is 12.5. The zero-order chi connectivity index (χ0) is 17.2. The van der Waals surface area contributed by atoms with E-state index in [2.05, 4.69) is 39.0 Å².